The van der Waals surface area contributed by atoms with E-state index in [9.17, 15) is 24.8 Å². The topological polar surface area (TPSA) is 101 Å². The standard InChI is InChI=1S/C11H9ClN2O5/c12-4-6(15)5-13-10(16)7-2-1-3-8(14(18)19)9(7)11(13)17/h1-3,6,15H,4-5H2. The molecule has 0 saturated carbocycles. The third-order valence-corrected chi connectivity index (χ3v) is 3.10. The third kappa shape index (κ3) is 2.18. The van der Waals surface area contributed by atoms with Crippen LogP contribution in [0.3, 0.4) is 0 Å². The second kappa shape index (κ2) is 4.94. The number of carbonyl (C=O) groups is 2. The quantitative estimate of drug-likeness (QED) is 0.381. The number of benzene rings is 1. The van der Waals surface area contributed by atoms with Crippen molar-refractivity contribution in [2.24, 2.45) is 0 Å². The number of rotatable bonds is 4. The molecule has 1 aromatic rings. The minimum absolute atomic E-state index is 0.0269. The van der Waals surface area contributed by atoms with Crippen LogP contribution in [0.2, 0.25) is 0 Å². The molecule has 1 unspecified atom stereocenters. The van der Waals surface area contributed by atoms with Crippen molar-refractivity contribution in [3.8, 4) is 0 Å². The predicted octanol–water partition coefficient (Wildman–Crippen LogP) is 0.790. The van der Waals surface area contributed by atoms with Crippen LogP contribution < -0.4 is 0 Å². The van der Waals surface area contributed by atoms with E-state index >= 15 is 0 Å². The number of alkyl halides is 1. The predicted molar refractivity (Wildman–Crippen MR) is 65.2 cm³/mol. The van der Waals surface area contributed by atoms with Crippen LogP contribution in [0.25, 0.3) is 0 Å². The maximum absolute atomic E-state index is 12.0. The van der Waals surface area contributed by atoms with E-state index in [1.807, 2.05) is 0 Å². The maximum Gasteiger partial charge on any atom is 0.282 e. The Hall–Kier alpha value is -1.99. The lowest BCUT2D eigenvalue weighted by Crippen LogP contribution is -2.37. The van der Waals surface area contributed by atoms with Crippen LogP contribution >= 0.6 is 11.6 Å². The van der Waals surface area contributed by atoms with Crippen LogP contribution in [0.4, 0.5) is 5.69 Å². The molecule has 0 fully saturated rings. The minimum Gasteiger partial charge on any atom is -0.390 e. The summed E-state index contributed by atoms with van der Waals surface area (Å²) in [6, 6.07) is 3.84. The molecule has 1 N–H and O–H groups in total. The fourth-order valence-electron chi connectivity index (χ4n) is 1.89. The zero-order chi connectivity index (χ0) is 14.2. The summed E-state index contributed by atoms with van der Waals surface area (Å²) in [5.74, 6) is -1.58. The number of hydrogen-bond acceptors (Lipinski definition) is 5. The molecule has 19 heavy (non-hydrogen) atoms. The van der Waals surface area contributed by atoms with Gasteiger partial charge in [0.05, 0.1) is 29.0 Å². The van der Waals surface area contributed by atoms with Gasteiger partial charge in [-0.05, 0) is 6.07 Å². The lowest BCUT2D eigenvalue weighted by atomic mass is 10.1. The number of nitrogens with zero attached hydrogens (tertiary/aromatic N) is 2. The van der Waals surface area contributed by atoms with Gasteiger partial charge in [-0.3, -0.25) is 24.6 Å². The molecule has 8 heteroatoms. The van der Waals surface area contributed by atoms with Gasteiger partial charge in [0.2, 0.25) is 0 Å². The van der Waals surface area contributed by atoms with Crippen molar-refractivity contribution in [3.05, 3.63) is 39.4 Å². The van der Waals surface area contributed by atoms with E-state index in [1.165, 1.54) is 12.1 Å². The number of amides is 2. The van der Waals surface area contributed by atoms with Crippen molar-refractivity contribution in [1.82, 2.24) is 4.90 Å². The molecule has 7 nitrogen and oxygen atoms in total. The number of carbonyl (C=O) groups excluding carboxylic acids is 2. The molecule has 0 aromatic heterocycles. The van der Waals surface area contributed by atoms with Gasteiger partial charge in [-0.25, -0.2) is 0 Å². The van der Waals surface area contributed by atoms with Crippen molar-refractivity contribution >= 4 is 29.1 Å². The number of fused-ring (bicyclic) bond motifs is 1. The van der Waals surface area contributed by atoms with E-state index in [0.29, 0.717) is 0 Å². The average Bonchev–Trinajstić information content (AvgIpc) is 2.63. The molecule has 0 spiro atoms. The van der Waals surface area contributed by atoms with E-state index in [2.05, 4.69) is 0 Å². The van der Waals surface area contributed by atoms with Gasteiger partial charge in [0, 0.05) is 6.07 Å². The Morgan fingerprint density at radius 1 is 1.37 bits per heavy atom. The van der Waals surface area contributed by atoms with Crippen molar-refractivity contribution in [1.29, 1.82) is 0 Å². The summed E-state index contributed by atoms with van der Waals surface area (Å²) in [4.78, 5) is 34.9. The van der Waals surface area contributed by atoms with Gasteiger partial charge >= 0.3 is 0 Å². The highest BCUT2D eigenvalue weighted by atomic mass is 35.5. The smallest absolute Gasteiger partial charge is 0.282 e. The lowest BCUT2D eigenvalue weighted by molar-refractivity contribution is -0.385. The van der Waals surface area contributed by atoms with Crippen LogP contribution in [0, 0.1) is 10.1 Å². The van der Waals surface area contributed by atoms with Gasteiger partial charge in [0.25, 0.3) is 17.5 Å². The number of hydrogen-bond donors (Lipinski definition) is 1. The van der Waals surface area contributed by atoms with Crippen molar-refractivity contribution in [3.63, 3.8) is 0 Å². The van der Waals surface area contributed by atoms with E-state index in [1.54, 1.807) is 0 Å². The molecule has 1 aliphatic rings. The largest absolute Gasteiger partial charge is 0.390 e. The Morgan fingerprint density at radius 2 is 2.05 bits per heavy atom. The van der Waals surface area contributed by atoms with Gasteiger partial charge in [0.1, 0.15) is 5.56 Å². The van der Waals surface area contributed by atoms with E-state index in [4.69, 9.17) is 11.6 Å². The van der Waals surface area contributed by atoms with Crippen LogP contribution in [0.1, 0.15) is 20.7 Å². The summed E-state index contributed by atoms with van der Waals surface area (Å²) < 4.78 is 0. The van der Waals surface area contributed by atoms with Crippen molar-refractivity contribution in [2.45, 2.75) is 6.10 Å². The summed E-state index contributed by atoms with van der Waals surface area (Å²) in [6.45, 7) is -0.285. The second-order valence-electron chi connectivity index (χ2n) is 3.99. The first-order valence-electron chi connectivity index (χ1n) is 5.35. The summed E-state index contributed by atoms with van der Waals surface area (Å²) in [5.41, 5.74) is -0.682. The van der Waals surface area contributed by atoms with Crippen LogP contribution in [-0.4, -0.2) is 45.3 Å². The SMILES string of the molecule is O=C1c2cccc([N+](=O)[O-])c2C(=O)N1CC(O)CCl. The highest BCUT2D eigenvalue weighted by Crippen LogP contribution is 2.30. The molecule has 2 amide bonds. The number of nitro benzene ring substituents is 1. The first-order chi connectivity index (χ1) is 8.97. The number of nitro groups is 1. The normalized spacial score (nSPS) is 15.6. The average molecular weight is 285 g/mol. The van der Waals surface area contributed by atoms with E-state index in [0.717, 1.165) is 11.0 Å². The fraction of sp³-hybridized carbons (Fsp3) is 0.273. The Balaban J connectivity index is 2.44. The Bertz CT molecular complexity index is 574. The number of aliphatic hydroxyl groups excluding tert-OH is 1. The summed E-state index contributed by atoms with van der Waals surface area (Å²) in [6.07, 6.45) is -1.07. The molecule has 0 saturated heterocycles. The first kappa shape index (κ1) is 13.4. The van der Waals surface area contributed by atoms with Gasteiger partial charge < -0.3 is 5.11 Å². The summed E-state index contributed by atoms with van der Waals surface area (Å²) in [7, 11) is 0. The second-order valence-corrected chi connectivity index (χ2v) is 4.29. The molecular formula is C11H9ClN2O5. The van der Waals surface area contributed by atoms with Gasteiger partial charge in [-0.2, -0.15) is 0 Å². The van der Waals surface area contributed by atoms with Crippen LogP contribution in [0.5, 0.6) is 0 Å². The Morgan fingerprint density at radius 3 is 2.63 bits per heavy atom. The first-order valence-corrected chi connectivity index (χ1v) is 5.88. The molecule has 1 aromatic carbocycles. The molecule has 1 aliphatic heterocycles. The number of aliphatic hydroxyl groups is 1. The minimum atomic E-state index is -1.07. The Labute approximate surface area is 112 Å². The monoisotopic (exact) mass is 284 g/mol. The van der Waals surface area contributed by atoms with Crippen molar-refractivity contribution in [2.75, 3.05) is 12.4 Å². The number of β-amino-alcohol motifs (C(OH)–C–C–N with tert-alkyl or cyclic N) is 1. The maximum atomic E-state index is 12.0. The highest BCUT2D eigenvalue weighted by molar-refractivity contribution is 6.23. The van der Waals surface area contributed by atoms with Gasteiger partial charge in [-0.15, -0.1) is 11.6 Å². The van der Waals surface area contributed by atoms with Crippen LogP contribution in [-0.2, 0) is 0 Å². The van der Waals surface area contributed by atoms with Gasteiger partial charge in [0.15, 0.2) is 0 Å². The molecule has 1 heterocycles. The van der Waals surface area contributed by atoms with E-state index in [-0.39, 0.29) is 23.6 Å². The lowest BCUT2D eigenvalue weighted by Gasteiger charge is -2.16. The fourth-order valence-corrected chi connectivity index (χ4v) is 1.99. The van der Waals surface area contributed by atoms with Gasteiger partial charge in [-0.1, -0.05) is 6.07 Å². The molecule has 100 valence electrons. The third-order valence-electron chi connectivity index (χ3n) is 2.75. The molecule has 0 aliphatic carbocycles. The van der Waals surface area contributed by atoms with Crippen molar-refractivity contribution < 1.29 is 19.6 Å². The molecule has 0 bridgehead atoms. The molecule has 0 radical (unpaired) electrons. The van der Waals surface area contributed by atoms with E-state index < -0.39 is 28.5 Å². The zero-order valence-electron chi connectivity index (χ0n) is 9.58. The molecule has 1 atom stereocenters. The Kier molecular flexibility index (Phi) is 3.50. The zero-order valence-corrected chi connectivity index (χ0v) is 10.3. The molecular weight excluding hydrogens is 276 g/mol. The number of halogens is 1. The summed E-state index contributed by atoms with van der Waals surface area (Å²) >= 11 is 5.41. The summed E-state index contributed by atoms with van der Waals surface area (Å²) in [5, 5.41) is 20.3. The van der Waals surface area contributed by atoms with Crippen LogP contribution in [0.15, 0.2) is 18.2 Å². The number of imide groups is 1. The molecule has 2 rings (SSSR count). The highest BCUT2D eigenvalue weighted by Gasteiger charge is 2.41.